The highest BCUT2D eigenvalue weighted by Gasteiger charge is 2.30. The summed E-state index contributed by atoms with van der Waals surface area (Å²) in [7, 11) is 0. The van der Waals surface area contributed by atoms with Gasteiger partial charge >= 0.3 is 0 Å². The standard InChI is InChI=1S/C15H21N3O2/c1-12-4-2-6-14(16-12)17-7-9-18(10-8-17)15(19)13-5-3-11-20-13/h2,4,6,13H,3,5,7-11H2,1H3. The Morgan fingerprint density at radius 3 is 2.75 bits per heavy atom. The number of nitrogens with zero attached hydrogens (tertiary/aromatic N) is 3. The lowest BCUT2D eigenvalue weighted by atomic mass is 10.2. The molecule has 0 aromatic carbocycles. The number of anilines is 1. The van der Waals surface area contributed by atoms with Crippen LogP contribution in [0, 0.1) is 6.92 Å². The van der Waals surface area contributed by atoms with Crippen molar-refractivity contribution in [3.8, 4) is 0 Å². The quantitative estimate of drug-likeness (QED) is 0.814. The van der Waals surface area contributed by atoms with Crippen molar-refractivity contribution in [3.63, 3.8) is 0 Å². The van der Waals surface area contributed by atoms with Crippen LogP contribution in [0.15, 0.2) is 18.2 Å². The summed E-state index contributed by atoms with van der Waals surface area (Å²) in [4.78, 5) is 21.0. The first-order valence-corrected chi connectivity index (χ1v) is 7.33. The van der Waals surface area contributed by atoms with Crippen LogP contribution in [0.2, 0.25) is 0 Å². The summed E-state index contributed by atoms with van der Waals surface area (Å²) >= 11 is 0. The minimum absolute atomic E-state index is 0.166. The fourth-order valence-electron chi connectivity index (χ4n) is 2.84. The summed E-state index contributed by atoms with van der Waals surface area (Å²) in [5.41, 5.74) is 1.03. The molecule has 0 saturated carbocycles. The topological polar surface area (TPSA) is 45.7 Å². The van der Waals surface area contributed by atoms with Gasteiger partial charge in [-0.05, 0) is 31.9 Å². The van der Waals surface area contributed by atoms with Crippen LogP contribution in [-0.2, 0) is 9.53 Å². The maximum absolute atomic E-state index is 12.3. The number of pyridine rings is 1. The minimum atomic E-state index is -0.196. The van der Waals surface area contributed by atoms with Crippen LogP contribution in [0.1, 0.15) is 18.5 Å². The maximum Gasteiger partial charge on any atom is 0.251 e. The number of hydrogen-bond acceptors (Lipinski definition) is 4. The van der Waals surface area contributed by atoms with Crippen molar-refractivity contribution in [2.45, 2.75) is 25.9 Å². The highest BCUT2D eigenvalue weighted by atomic mass is 16.5. The molecule has 0 bridgehead atoms. The van der Waals surface area contributed by atoms with Crippen LogP contribution in [-0.4, -0.2) is 54.7 Å². The van der Waals surface area contributed by atoms with Crippen LogP contribution < -0.4 is 4.90 Å². The zero-order valence-electron chi connectivity index (χ0n) is 11.9. The molecule has 5 nitrogen and oxygen atoms in total. The van der Waals surface area contributed by atoms with Gasteiger partial charge < -0.3 is 14.5 Å². The van der Waals surface area contributed by atoms with E-state index in [0.29, 0.717) is 0 Å². The van der Waals surface area contributed by atoms with Gasteiger partial charge in [0.1, 0.15) is 11.9 Å². The molecule has 2 saturated heterocycles. The van der Waals surface area contributed by atoms with Crippen molar-refractivity contribution in [2.24, 2.45) is 0 Å². The second kappa shape index (κ2) is 5.79. The predicted molar refractivity (Wildman–Crippen MR) is 76.7 cm³/mol. The molecule has 1 aromatic rings. The van der Waals surface area contributed by atoms with Crippen molar-refractivity contribution in [2.75, 3.05) is 37.7 Å². The molecule has 20 heavy (non-hydrogen) atoms. The number of amides is 1. The third-order valence-corrected chi connectivity index (χ3v) is 3.99. The highest BCUT2D eigenvalue weighted by Crippen LogP contribution is 2.18. The van der Waals surface area contributed by atoms with Crippen molar-refractivity contribution in [1.29, 1.82) is 0 Å². The Kier molecular flexibility index (Phi) is 3.87. The second-order valence-corrected chi connectivity index (χ2v) is 5.45. The highest BCUT2D eigenvalue weighted by molar-refractivity contribution is 5.81. The van der Waals surface area contributed by atoms with Crippen molar-refractivity contribution >= 4 is 11.7 Å². The molecule has 1 aromatic heterocycles. The molecule has 1 amide bonds. The molecule has 2 aliphatic rings. The third kappa shape index (κ3) is 2.77. The molecule has 3 rings (SSSR count). The van der Waals surface area contributed by atoms with Gasteiger partial charge in [-0.2, -0.15) is 0 Å². The van der Waals surface area contributed by atoms with E-state index in [4.69, 9.17) is 4.74 Å². The third-order valence-electron chi connectivity index (χ3n) is 3.99. The Labute approximate surface area is 119 Å². The van der Waals surface area contributed by atoms with Crippen LogP contribution in [0.3, 0.4) is 0 Å². The van der Waals surface area contributed by atoms with Crippen LogP contribution in [0.5, 0.6) is 0 Å². The summed E-state index contributed by atoms with van der Waals surface area (Å²) in [6, 6.07) is 6.06. The molecule has 5 heteroatoms. The zero-order chi connectivity index (χ0) is 13.9. The average Bonchev–Trinajstić information content (AvgIpc) is 3.01. The fraction of sp³-hybridized carbons (Fsp3) is 0.600. The Bertz CT molecular complexity index is 478. The molecule has 108 valence electrons. The molecule has 2 aliphatic heterocycles. The van der Waals surface area contributed by atoms with Gasteiger partial charge in [-0.1, -0.05) is 6.07 Å². The van der Waals surface area contributed by atoms with E-state index >= 15 is 0 Å². The largest absolute Gasteiger partial charge is 0.368 e. The first kappa shape index (κ1) is 13.4. The fourth-order valence-corrected chi connectivity index (χ4v) is 2.84. The summed E-state index contributed by atoms with van der Waals surface area (Å²) in [6.45, 7) is 5.93. The van der Waals surface area contributed by atoms with E-state index < -0.39 is 0 Å². The Hall–Kier alpha value is -1.62. The summed E-state index contributed by atoms with van der Waals surface area (Å²) in [5.74, 6) is 1.17. The van der Waals surface area contributed by atoms with Crippen molar-refractivity contribution in [1.82, 2.24) is 9.88 Å². The zero-order valence-corrected chi connectivity index (χ0v) is 11.9. The van der Waals surface area contributed by atoms with Crippen LogP contribution >= 0.6 is 0 Å². The molecule has 0 spiro atoms. The molecule has 3 heterocycles. The lowest BCUT2D eigenvalue weighted by molar-refractivity contribution is -0.141. The van der Waals surface area contributed by atoms with E-state index in [2.05, 4.69) is 9.88 Å². The van der Waals surface area contributed by atoms with E-state index in [-0.39, 0.29) is 12.0 Å². The van der Waals surface area contributed by atoms with Gasteiger partial charge in [0.2, 0.25) is 0 Å². The molecule has 1 unspecified atom stereocenters. The number of ether oxygens (including phenoxy) is 1. The Morgan fingerprint density at radius 1 is 1.30 bits per heavy atom. The van der Waals surface area contributed by atoms with Crippen LogP contribution in [0.4, 0.5) is 5.82 Å². The molecular weight excluding hydrogens is 254 g/mol. The van der Waals surface area contributed by atoms with Gasteiger partial charge in [0.25, 0.3) is 5.91 Å². The number of piperazine rings is 1. The Morgan fingerprint density at radius 2 is 2.10 bits per heavy atom. The normalized spacial score (nSPS) is 23.1. The predicted octanol–water partition coefficient (Wildman–Crippen LogP) is 1.22. The van der Waals surface area contributed by atoms with E-state index in [1.165, 1.54) is 0 Å². The summed E-state index contributed by atoms with van der Waals surface area (Å²) in [5, 5.41) is 0. The lowest BCUT2D eigenvalue weighted by Crippen LogP contribution is -2.51. The van der Waals surface area contributed by atoms with Gasteiger partial charge in [-0.3, -0.25) is 4.79 Å². The van der Waals surface area contributed by atoms with Gasteiger partial charge in [-0.15, -0.1) is 0 Å². The number of aryl methyl sites for hydroxylation is 1. The number of aromatic nitrogens is 1. The Balaban J connectivity index is 1.58. The number of hydrogen-bond donors (Lipinski definition) is 0. The monoisotopic (exact) mass is 275 g/mol. The second-order valence-electron chi connectivity index (χ2n) is 5.45. The lowest BCUT2D eigenvalue weighted by Gasteiger charge is -2.36. The first-order chi connectivity index (χ1) is 9.74. The number of carbonyl (C=O) groups excluding carboxylic acids is 1. The van der Waals surface area contributed by atoms with Gasteiger partial charge in [0.15, 0.2) is 0 Å². The van der Waals surface area contributed by atoms with E-state index in [1.807, 2.05) is 30.0 Å². The molecule has 1 atom stereocenters. The number of carbonyl (C=O) groups is 1. The van der Waals surface area contributed by atoms with E-state index in [0.717, 1.165) is 57.1 Å². The van der Waals surface area contributed by atoms with Gasteiger partial charge in [-0.25, -0.2) is 4.98 Å². The van der Waals surface area contributed by atoms with E-state index in [9.17, 15) is 4.79 Å². The number of rotatable bonds is 2. The van der Waals surface area contributed by atoms with Crippen molar-refractivity contribution in [3.05, 3.63) is 23.9 Å². The van der Waals surface area contributed by atoms with E-state index in [1.54, 1.807) is 0 Å². The minimum Gasteiger partial charge on any atom is -0.368 e. The molecule has 0 radical (unpaired) electrons. The average molecular weight is 275 g/mol. The van der Waals surface area contributed by atoms with Crippen molar-refractivity contribution < 1.29 is 9.53 Å². The maximum atomic E-state index is 12.3. The summed E-state index contributed by atoms with van der Waals surface area (Å²) in [6.07, 6.45) is 1.68. The van der Waals surface area contributed by atoms with Crippen LogP contribution in [0.25, 0.3) is 0 Å². The molecule has 0 aliphatic carbocycles. The molecular formula is C15H21N3O2. The smallest absolute Gasteiger partial charge is 0.251 e. The molecule has 0 N–H and O–H groups in total. The van der Waals surface area contributed by atoms with Gasteiger partial charge in [0, 0.05) is 38.5 Å². The molecule has 2 fully saturated rings. The SMILES string of the molecule is Cc1cccc(N2CCN(C(=O)C3CCCO3)CC2)n1. The first-order valence-electron chi connectivity index (χ1n) is 7.33. The summed E-state index contributed by atoms with van der Waals surface area (Å²) < 4.78 is 5.48. The van der Waals surface area contributed by atoms with Gasteiger partial charge in [0.05, 0.1) is 0 Å².